The molecule has 4 heteroatoms. The van der Waals surface area contributed by atoms with Gasteiger partial charge in [0.25, 0.3) is 5.91 Å². The van der Waals surface area contributed by atoms with E-state index in [9.17, 15) is 9.59 Å². The van der Waals surface area contributed by atoms with E-state index in [2.05, 4.69) is 39.5 Å². The second-order valence-electron chi connectivity index (χ2n) is 8.19. The molecule has 2 aromatic carbocycles. The summed E-state index contributed by atoms with van der Waals surface area (Å²) < 4.78 is 5.88. The van der Waals surface area contributed by atoms with Crippen molar-refractivity contribution in [2.45, 2.75) is 32.2 Å². The average molecular weight is 373 g/mol. The first kappa shape index (κ1) is 18.2. The van der Waals surface area contributed by atoms with Crippen molar-refractivity contribution in [3.8, 4) is 0 Å². The van der Waals surface area contributed by atoms with Crippen LogP contribution in [0.2, 0.25) is 0 Å². The van der Waals surface area contributed by atoms with E-state index in [0.29, 0.717) is 23.1 Å². The van der Waals surface area contributed by atoms with Crippen molar-refractivity contribution in [2.24, 2.45) is 0 Å². The molecule has 1 aromatic heterocycles. The predicted molar refractivity (Wildman–Crippen MR) is 111 cm³/mol. The van der Waals surface area contributed by atoms with E-state index in [4.69, 9.17) is 4.42 Å². The van der Waals surface area contributed by atoms with E-state index in [0.717, 1.165) is 5.56 Å². The van der Waals surface area contributed by atoms with Crippen molar-refractivity contribution in [2.75, 3.05) is 6.54 Å². The number of carbonyl (C=O) groups is 1. The highest BCUT2D eigenvalue weighted by Gasteiger charge is 2.42. The summed E-state index contributed by atoms with van der Waals surface area (Å²) in [4.78, 5) is 27.9. The Morgan fingerprint density at radius 2 is 1.75 bits per heavy atom. The fraction of sp³-hybridized carbons (Fsp3) is 0.250. The minimum Gasteiger partial charge on any atom is -0.450 e. The first-order chi connectivity index (χ1) is 13.3. The third kappa shape index (κ3) is 2.76. The van der Waals surface area contributed by atoms with Gasteiger partial charge < -0.3 is 9.32 Å². The van der Waals surface area contributed by atoms with Gasteiger partial charge in [-0.3, -0.25) is 9.59 Å². The van der Waals surface area contributed by atoms with Crippen molar-refractivity contribution in [1.82, 2.24) is 4.90 Å². The normalized spacial score (nSPS) is 16.5. The molecular formula is C24H23NO3. The highest BCUT2D eigenvalue weighted by Crippen LogP contribution is 2.38. The summed E-state index contributed by atoms with van der Waals surface area (Å²) in [7, 11) is 0. The van der Waals surface area contributed by atoms with Crippen LogP contribution in [0, 0.1) is 0 Å². The fourth-order valence-electron chi connectivity index (χ4n) is 3.81. The SMILES string of the molecule is C=CCN1C(=O)c2oc3ccccc3c(=O)c2[C@H]1c1ccc(C(C)(C)C)cc1. The Hall–Kier alpha value is -3.14. The number of carbonyl (C=O) groups excluding carboxylic acids is 1. The number of hydrogen-bond donors (Lipinski definition) is 0. The van der Waals surface area contributed by atoms with Crippen LogP contribution in [-0.2, 0) is 5.41 Å². The zero-order valence-electron chi connectivity index (χ0n) is 16.4. The molecule has 0 fully saturated rings. The van der Waals surface area contributed by atoms with Crippen LogP contribution in [0.4, 0.5) is 0 Å². The first-order valence-electron chi connectivity index (χ1n) is 9.41. The lowest BCUT2D eigenvalue weighted by Gasteiger charge is -2.25. The van der Waals surface area contributed by atoms with Gasteiger partial charge in [-0.25, -0.2) is 0 Å². The molecule has 4 nitrogen and oxygen atoms in total. The fourth-order valence-corrected chi connectivity index (χ4v) is 3.81. The van der Waals surface area contributed by atoms with E-state index in [1.165, 1.54) is 5.56 Å². The Balaban J connectivity index is 1.93. The van der Waals surface area contributed by atoms with Crippen LogP contribution in [0.25, 0.3) is 11.0 Å². The molecular weight excluding hydrogens is 350 g/mol. The molecule has 1 atom stereocenters. The molecule has 0 spiro atoms. The standard InChI is InChI=1S/C24H23NO3/c1-5-14-25-20(15-10-12-16(13-11-15)24(2,3)4)19-21(26)17-8-6-7-9-18(17)28-22(19)23(25)27/h5-13,20H,1,14H2,2-4H3/t20-/m1/s1. The summed E-state index contributed by atoms with van der Waals surface area (Å²) in [6.07, 6.45) is 1.67. The van der Waals surface area contributed by atoms with Crippen LogP contribution < -0.4 is 5.43 Å². The number of hydrogen-bond acceptors (Lipinski definition) is 3. The van der Waals surface area contributed by atoms with Gasteiger partial charge in [0.15, 0.2) is 5.43 Å². The van der Waals surface area contributed by atoms with Gasteiger partial charge in [0.05, 0.1) is 17.0 Å². The largest absolute Gasteiger partial charge is 0.450 e. The summed E-state index contributed by atoms with van der Waals surface area (Å²) in [5.41, 5.74) is 2.81. The highest BCUT2D eigenvalue weighted by atomic mass is 16.3. The van der Waals surface area contributed by atoms with Gasteiger partial charge in [0, 0.05) is 6.54 Å². The van der Waals surface area contributed by atoms with Crippen LogP contribution in [-0.4, -0.2) is 17.4 Å². The summed E-state index contributed by atoms with van der Waals surface area (Å²) in [6, 6.07) is 14.7. The van der Waals surface area contributed by atoms with E-state index in [1.807, 2.05) is 12.1 Å². The number of rotatable bonds is 3. The van der Waals surface area contributed by atoms with Crippen LogP contribution in [0.1, 0.15) is 54.1 Å². The zero-order valence-corrected chi connectivity index (χ0v) is 16.4. The number of benzene rings is 2. The van der Waals surface area contributed by atoms with Crippen LogP contribution in [0.3, 0.4) is 0 Å². The van der Waals surface area contributed by atoms with Gasteiger partial charge in [0.1, 0.15) is 5.58 Å². The van der Waals surface area contributed by atoms with Gasteiger partial charge >= 0.3 is 0 Å². The second kappa shape index (κ2) is 6.48. The molecule has 28 heavy (non-hydrogen) atoms. The molecule has 0 bridgehead atoms. The van der Waals surface area contributed by atoms with E-state index in [1.54, 1.807) is 35.2 Å². The number of nitrogens with zero attached hydrogens (tertiary/aromatic N) is 1. The van der Waals surface area contributed by atoms with E-state index in [-0.39, 0.29) is 22.5 Å². The molecule has 0 aliphatic carbocycles. The quantitative estimate of drug-likeness (QED) is 0.619. The van der Waals surface area contributed by atoms with Crippen molar-refractivity contribution in [3.05, 3.63) is 93.9 Å². The lowest BCUT2D eigenvalue weighted by molar-refractivity contribution is 0.0748. The predicted octanol–water partition coefficient (Wildman–Crippen LogP) is 4.82. The minimum atomic E-state index is -0.477. The molecule has 0 radical (unpaired) electrons. The van der Waals surface area contributed by atoms with Crippen LogP contribution in [0.15, 0.2) is 70.4 Å². The number of amides is 1. The summed E-state index contributed by atoms with van der Waals surface area (Å²) in [6.45, 7) is 10.6. The van der Waals surface area contributed by atoms with Gasteiger partial charge in [-0.15, -0.1) is 6.58 Å². The molecule has 4 rings (SSSR count). The maximum Gasteiger partial charge on any atom is 0.291 e. The molecule has 0 saturated heterocycles. The lowest BCUT2D eigenvalue weighted by Crippen LogP contribution is -2.29. The molecule has 0 unspecified atom stereocenters. The van der Waals surface area contributed by atoms with Crippen molar-refractivity contribution in [3.63, 3.8) is 0 Å². The summed E-state index contributed by atoms with van der Waals surface area (Å²) in [5.74, 6) is -0.141. The lowest BCUT2D eigenvalue weighted by atomic mass is 9.86. The third-order valence-corrected chi connectivity index (χ3v) is 5.29. The molecule has 1 aliphatic rings. The maximum absolute atomic E-state index is 13.3. The second-order valence-corrected chi connectivity index (χ2v) is 8.19. The monoisotopic (exact) mass is 373 g/mol. The highest BCUT2D eigenvalue weighted by molar-refractivity contribution is 5.99. The molecule has 0 saturated carbocycles. The third-order valence-electron chi connectivity index (χ3n) is 5.29. The minimum absolute atomic E-state index is 0.0258. The van der Waals surface area contributed by atoms with Gasteiger partial charge in [-0.1, -0.05) is 63.2 Å². The Morgan fingerprint density at radius 3 is 2.39 bits per heavy atom. The Bertz CT molecular complexity index is 1130. The maximum atomic E-state index is 13.3. The molecule has 1 amide bonds. The molecule has 1 aliphatic heterocycles. The van der Waals surface area contributed by atoms with Crippen molar-refractivity contribution < 1.29 is 9.21 Å². The van der Waals surface area contributed by atoms with Crippen LogP contribution in [0.5, 0.6) is 0 Å². The van der Waals surface area contributed by atoms with Crippen molar-refractivity contribution in [1.29, 1.82) is 0 Å². The van der Waals surface area contributed by atoms with E-state index >= 15 is 0 Å². The Morgan fingerprint density at radius 1 is 1.07 bits per heavy atom. The smallest absolute Gasteiger partial charge is 0.291 e. The topological polar surface area (TPSA) is 50.5 Å². The zero-order chi connectivity index (χ0) is 20.1. The van der Waals surface area contributed by atoms with Gasteiger partial charge in [0.2, 0.25) is 5.76 Å². The summed E-state index contributed by atoms with van der Waals surface area (Å²) in [5, 5.41) is 0.491. The van der Waals surface area contributed by atoms with Crippen LogP contribution >= 0.6 is 0 Å². The molecule has 3 aromatic rings. The first-order valence-corrected chi connectivity index (χ1v) is 9.41. The number of fused-ring (bicyclic) bond motifs is 2. The molecule has 0 N–H and O–H groups in total. The Labute approximate surface area is 164 Å². The average Bonchev–Trinajstić information content (AvgIpc) is 2.94. The van der Waals surface area contributed by atoms with Gasteiger partial charge in [-0.2, -0.15) is 0 Å². The molecule has 142 valence electrons. The summed E-state index contributed by atoms with van der Waals surface area (Å²) >= 11 is 0. The van der Waals surface area contributed by atoms with Gasteiger partial charge in [-0.05, 0) is 28.7 Å². The number of para-hydroxylation sites is 1. The van der Waals surface area contributed by atoms with Crippen molar-refractivity contribution >= 4 is 16.9 Å². The Kier molecular flexibility index (Phi) is 4.22. The van der Waals surface area contributed by atoms with E-state index < -0.39 is 6.04 Å². The molecule has 2 heterocycles.